The first kappa shape index (κ1) is 16.7. The summed E-state index contributed by atoms with van der Waals surface area (Å²) in [5.74, 6) is 0. The molecule has 122 valence electrons. The second kappa shape index (κ2) is 7.08. The highest BCUT2D eigenvalue weighted by molar-refractivity contribution is 7.89. The molecular weight excluding hydrogens is 306 g/mol. The Bertz CT molecular complexity index is 633. The lowest BCUT2D eigenvalue weighted by molar-refractivity contribution is -0.00351. The van der Waals surface area contributed by atoms with Crippen molar-refractivity contribution in [2.24, 2.45) is 0 Å². The largest absolute Gasteiger partial charge is 0.375 e. The molecule has 1 aliphatic rings. The standard InChI is InChI=1S/C14H21N3O4S/c1-11-10-17(6-7-21-11)14(18)16-9-12-4-3-5-13(8-12)22(19,20)15-2/h3-5,8,11,15H,6-7,9-10H2,1-2H3,(H,16,18)/t11-/m1/s1. The Balaban J connectivity index is 1.97. The zero-order valence-electron chi connectivity index (χ0n) is 12.7. The van der Waals surface area contributed by atoms with E-state index in [2.05, 4.69) is 10.0 Å². The molecule has 0 radical (unpaired) electrons. The molecule has 1 fully saturated rings. The van der Waals surface area contributed by atoms with Gasteiger partial charge >= 0.3 is 6.03 Å². The summed E-state index contributed by atoms with van der Waals surface area (Å²) in [6, 6.07) is 6.32. The number of sulfonamides is 1. The molecule has 1 atom stereocenters. The number of carbonyl (C=O) groups excluding carboxylic acids is 1. The maximum absolute atomic E-state index is 12.1. The Morgan fingerprint density at radius 2 is 2.23 bits per heavy atom. The molecule has 1 heterocycles. The number of rotatable bonds is 4. The molecule has 2 rings (SSSR count). The third-order valence-electron chi connectivity index (χ3n) is 3.45. The van der Waals surface area contributed by atoms with E-state index in [0.29, 0.717) is 19.7 Å². The molecule has 8 heteroatoms. The predicted octanol–water partition coefficient (Wildman–Crippen LogP) is 0.525. The highest BCUT2D eigenvalue weighted by Gasteiger charge is 2.21. The lowest BCUT2D eigenvalue weighted by Gasteiger charge is -2.31. The van der Waals surface area contributed by atoms with E-state index in [1.54, 1.807) is 23.1 Å². The van der Waals surface area contributed by atoms with Gasteiger partial charge in [0.25, 0.3) is 0 Å². The quantitative estimate of drug-likeness (QED) is 0.844. The maximum atomic E-state index is 12.1. The molecule has 7 nitrogen and oxygen atoms in total. The number of nitrogens with zero attached hydrogens (tertiary/aromatic N) is 1. The van der Waals surface area contributed by atoms with Crippen molar-refractivity contribution in [1.82, 2.24) is 14.9 Å². The normalized spacial score (nSPS) is 19.0. The molecule has 2 amide bonds. The topological polar surface area (TPSA) is 87.7 Å². The number of hydrogen-bond acceptors (Lipinski definition) is 4. The summed E-state index contributed by atoms with van der Waals surface area (Å²) in [6.45, 7) is 3.85. The van der Waals surface area contributed by atoms with Crippen molar-refractivity contribution in [3.8, 4) is 0 Å². The van der Waals surface area contributed by atoms with Crippen molar-refractivity contribution in [3.05, 3.63) is 29.8 Å². The number of hydrogen-bond donors (Lipinski definition) is 2. The first-order chi connectivity index (χ1) is 10.4. The van der Waals surface area contributed by atoms with Crippen molar-refractivity contribution in [2.75, 3.05) is 26.7 Å². The van der Waals surface area contributed by atoms with Gasteiger partial charge in [-0.2, -0.15) is 0 Å². The molecule has 0 unspecified atom stereocenters. The van der Waals surface area contributed by atoms with Gasteiger partial charge in [-0.3, -0.25) is 0 Å². The van der Waals surface area contributed by atoms with E-state index >= 15 is 0 Å². The van der Waals surface area contributed by atoms with Crippen LogP contribution in [-0.4, -0.2) is 52.2 Å². The SMILES string of the molecule is CNS(=O)(=O)c1cccc(CNC(=O)N2CCO[C@H](C)C2)c1. The number of ether oxygens (including phenoxy) is 1. The van der Waals surface area contributed by atoms with Crippen LogP contribution < -0.4 is 10.0 Å². The fraction of sp³-hybridized carbons (Fsp3) is 0.500. The molecule has 1 aromatic carbocycles. The summed E-state index contributed by atoms with van der Waals surface area (Å²) < 4.78 is 31.2. The van der Waals surface area contributed by atoms with E-state index in [1.165, 1.54) is 13.1 Å². The Kier molecular flexibility index (Phi) is 5.38. The van der Waals surface area contributed by atoms with E-state index < -0.39 is 10.0 Å². The molecular formula is C14H21N3O4S. The average Bonchev–Trinajstić information content (AvgIpc) is 2.53. The van der Waals surface area contributed by atoms with Gasteiger partial charge in [-0.25, -0.2) is 17.9 Å². The lowest BCUT2D eigenvalue weighted by atomic mass is 10.2. The predicted molar refractivity (Wildman–Crippen MR) is 81.9 cm³/mol. The van der Waals surface area contributed by atoms with Crippen LogP contribution in [0.2, 0.25) is 0 Å². The molecule has 2 N–H and O–H groups in total. The van der Waals surface area contributed by atoms with Gasteiger partial charge in [-0.15, -0.1) is 0 Å². The maximum Gasteiger partial charge on any atom is 0.317 e. The summed E-state index contributed by atoms with van der Waals surface area (Å²) in [7, 11) is -2.11. The van der Waals surface area contributed by atoms with Gasteiger partial charge in [-0.1, -0.05) is 12.1 Å². The van der Waals surface area contributed by atoms with E-state index in [0.717, 1.165) is 5.56 Å². The number of amides is 2. The van der Waals surface area contributed by atoms with Gasteiger partial charge in [0, 0.05) is 19.6 Å². The molecule has 0 saturated carbocycles. The molecule has 1 aliphatic heterocycles. The van der Waals surface area contributed by atoms with Gasteiger partial charge < -0.3 is 15.0 Å². The molecule has 1 aromatic rings. The molecule has 0 bridgehead atoms. The van der Waals surface area contributed by atoms with Crippen molar-refractivity contribution in [1.29, 1.82) is 0 Å². The van der Waals surface area contributed by atoms with Crippen LogP contribution in [0.1, 0.15) is 12.5 Å². The van der Waals surface area contributed by atoms with Gasteiger partial charge in [0.1, 0.15) is 0 Å². The van der Waals surface area contributed by atoms with Crippen LogP contribution in [0.3, 0.4) is 0 Å². The smallest absolute Gasteiger partial charge is 0.317 e. The molecule has 0 aliphatic carbocycles. The number of nitrogens with one attached hydrogen (secondary N) is 2. The highest BCUT2D eigenvalue weighted by Crippen LogP contribution is 2.11. The Morgan fingerprint density at radius 1 is 1.45 bits per heavy atom. The van der Waals surface area contributed by atoms with Gasteiger partial charge in [0.05, 0.1) is 17.6 Å². The summed E-state index contributed by atoms with van der Waals surface area (Å²) in [4.78, 5) is 14.0. The van der Waals surface area contributed by atoms with Crippen LogP contribution in [0, 0.1) is 0 Å². The van der Waals surface area contributed by atoms with Crippen molar-refractivity contribution >= 4 is 16.1 Å². The average molecular weight is 327 g/mol. The third kappa shape index (κ3) is 4.19. The van der Waals surface area contributed by atoms with Crippen LogP contribution in [0.4, 0.5) is 4.79 Å². The third-order valence-corrected chi connectivity index (χ3v) is 4.86. The van der Waals surface area contributed by atoms with Crippen LogP contribution in [-0.2, 0) is 21.3 Å². The minimum atomic E-state index is -3.48. The van der Waals surface area contributed by atoms with Crippen molar-refractivity contribution < 1.29 is 17.9 Å². The van der Waals surface area contributed by atoms with Gasteiger partial charge in [-0.05, 0) is 31.7 Å². The number of carbonyl (C=O) groups is 1. The fourth-order valence-electron chi connectivity index (χ4n) is 2.23. The molecule has 22 heavy (non-hydrogen) atoms. The molecule has 0 spiro atoms. The Morgan fingerprint density at radius 3 is 2.91 bits per heavy atom. The second-order valence-electron chi connectivity index (χ2n) is 5.14. The first-order valence-corrected chi connectivity index (χ1v) is 8.57. The highest BCUT2D eigenvalue weighted by atomic mass is 32.2. The summed E-state index contributed by atoms with van der Waals surface area (Å²) in [5, 5.41) is 2.80. The minimum absolute atomic E-state index is 0.0311. The Labute approximate surface area is 130 Å². The van der Waals surface area contributed by atoms with Crippen LogP contribution in [0.5, 0.6) is 0 Å². The lowest BCUT2D eigenvalue weighted by Crippen LogP contribution is -2.48. The van der Waals surface area contributed by atoms with E-state index in [1.807, 2.05) is 6.92 Å². The Hall–Kier alpha value is -1.64. The summed E-state index contributed by atoms with van der Waals surface area (Å²) in [6.07, 6.45) is 0.0311. The zero-order chi connectivity index (χ0) is 16.2. The van der Waals surface area contributed by atoms with Crippen LogP contribution >= 0.6 is 0 Å². The minimum Gasteiger partial charge on any atom is -0.375 e. The molecule has 1 saturated heterocycles. The zero-order valence-corrected chi connectivity index (χ0v) is 13.5. The monoisotopic (exact) mass is 327 g/mol. The molecule has 0 aromatic heterocycles. The fourth-order valence-corrected chi connectivity index (χ4v) is 3.03. The van der Waals surface area contributed by atoms with E-state index in [-0.39, 0.29) is 23.6 Å². The first-order valence-electron chi connectivity index (χ1n) is 7.09. The van der Waals surface area contributed by atoms with E-state index in [4.69, 9.17) is 4.74 Å². The summed E-state index contributed by atoms with van der Waals surface area (Å²) in [5.41, 5.74) is 0.728. The number of urea groups is 1. The van der Waals surface area contributed by atoms with Gasteiger partial charge in [0.2, 0.25) is 10.0 Å². The van der Waals surface area contributed by atoms with Crippen LogP contribution in [0.15, 0.2) is 29.2 Å². The summed E-state index contributed by atoms with van der Waals surface area (Å²) >= 11 is 0. The number of morpholine rings is 1. The van der Waals surface area contributed by atoms with Gasteiger partial charge in [0.15, 0.2) is 0 Å². The number of benzene rings is 1. The van der Waals surface area contributed by atoms with E-state index in [9.17, 15) is 13.2 Å². The van der Waals surface area contributed by atoms with Crippen molar-refractivity contribution in [2.45, 2.75) is 24.5 Å². The van der Waals surface area contributed by atoms with Crippen molar-refractivity contribution in [3.63, 3.8) is 0 Å². The van der Waals surface area contributed by atoms with Crippen LogP contribution in [0.25, 0.3) is 0 Å². The second-order valence-corrected chi connectivity index (χ2v) is 7.03.